The molecule has 0 saturated carbocycles. The average molecular weight is 423 g/mol. The van der Waals surface area contributed by atoms with Crippen molar-refractivity contribution in [3.8, 4) is 22.2 Å². The number of benzene rings is 2. The molecule has 6 nitrogen and oxygen atoms in total. The number of rotatable bonds is 7. The van der Waals surface area contributed by atoms with Gasteiger partial charge in [0.1, 0.15) is 6.61 Å². The summed E-state index contributed by atoms with van der Waals surface area (Å²) in [5.74, 6) is 1.99. The molecular weight excluding hydrogens is 404 g/mol. The zero-order valence-electron chi connectivity index (χ0n) is 15.6. The number of aromatic amines is 1. The van der Waals surface area contributed by atoms with Crippen LogP contribution in [0.3, 0.4) is 0 Å². The Bertz CT molecular complexity index is 1170. The summed E-state index contributed by atoms with van der Waals surface area (Å²) >= 11 is 6.88. The van der Waals surface area contributed by atoms with E-state index in [2.05, 4.69) is 15.3 Å². The Hall–Kier alpha value is -3.23. The first-order chi connectivity index (χ1) is 14.2. The highest BCUT2D eigenvalue weighted by Crippen LogP contribution is 2.28. The topological polar surface area (TPSA) is 64.4 Å². The Morgan fingerprint density at radius 3 is 2.76 bits per heavy atom. The van der Waals surface area contributed by atoms with Crippen LogP contribution in [0.1, 0.15) is 11.1 Å². The quantitative estimate of drug-likeness (QED) is 0.331. The molecule has 0 fully saturated rings. The van der Waals surface area contributed by atoms with Crippen molar-refractivity contribution in [2.45, 2.75) is 6.61 Å². The maximum atomic E-state index is 5.90. The SMILES string of the molecule is COc1cc(/C=N/n2c(-c3cccs3)n[nH]c2=S)ccc1OCc1ccccc1. The van der Waals surface area contributed by atoms with Gasteiger partial charge in [-0.05, 0) is 53.0 Å². The molecule has 0 aliphatic rings. The zero-order valence-corrected chi connectivity index (χ0v) is 17.2. The summed E-state index contributed by atoms with van der Waals surface area (Å²) in [6.45, 7) is 0.471. The van der Waals surface area contributed by atoms with Gasteiger partial charge in [0.2, 0.25) is 4.77 Å². The zero-order chi connectivity index (χ0) is 20.1. The van der Waals surface area contributed by atoms with Crippen LogP contribution in [-0.4, -0.2) is 28.2 Å². The van der Waals surface area contributed by atoms with Gasteiger partial charge in [-0.1, -0.05) is 36.4 Å². The third-order valence-electron chi connectivity index (χ3n) is 4.14. The van der Waals surface area contributed by atoms with E-state index < -0.39 is 0 Å². The largest absolute Gasteiger partial charge is 0.493 e. The molecule has 0 radical (unpaired) electrons. The lowest BCUT2D eigenvalue weighted by Crippen LogP contribution is -1.99. The molecule has 146 valence electrons. The van der Waals surface area contributed by atoms with Crippen molar-refractivity contribution < 1.29 is 9.47 Å². The fourth-order valence-electron chi connectivity index (χ4n) is 2.71. The lowest BCUT2D eigenvalue weighted by molar-refractivity contribution is 0.284. The predicted molar refractivity (Wildman–Crippen MR) is 117 cm³/mol. The number of aromatic nitrogens is 3. The molecule has 0 aliphatic carbocycles. The van der Waals surface area contributed by atoms with Crippen molar-refractivity contribution in [1.29, 1.82) is 0 Å². The highest BCUT2D eigenvalue weighted by atomic mass is 32.1. The van der Waals surface area contributed by atoms with Crippen molar-refractivity contribution in [1.82, 2.24) is 14.9 Å². The van der Waals surface area contributed by atoms with Crippen LogP contribution in [0.2, 0.25) is 0 Å². The lowest BCUT2D eigenvalue weighted by atomic mass is 10.2. The van der Waals surface area contributed by atoms with Crippen molar-refractivity contribution in [2.75, 3.05) is 7.11 Å². The predicted octanol–water partition coefficient (Wildman–Crippen LogP) is 5.14. The normalized spacial score (nSPS) is 11.1. The Balaban J connectivity index is 1.54. The summed E-state index contributed by atoms with van der Waals surface area (Å²) in [7, 11) is 1.62. The summed E-state index contributed by atoms with van der Waals surface area (Å²) in [6, 6.07) is 19.6. The van der Waals surface area contributed by atoms with E-state index in [1.54, 1.807) is 29.3 Å². The van der Waals surface area contributed by atoms with Crippen LogP contribution in [-0.2, 0) is 6.61 Å². The summed E-state index contributed by atoms with van der Waals surface area (Å²) in [6.07, 6.45) is 1.71. The third-order valence-corrected chi connectivity index (χ3v) is 5.27. The molecule has 2 aromatic heterocycles. The van der Waals surface area contributed by atoms with E-state index in [-0.39, 0.29) is 0 Å². The molecule has 2 aromatic carbocycles. The molecule has 2 heterocycles. The van der Waals surface area contributed by atoms with Crippen molar-refractivity contribution >= 4 is 29.8 Å². The van der Waals surface area contributed by atoms with E-state index in [0.717, 1.165) is 16.0 Å². The minimum atomic E-state index is 0.430. The monoisotopic (exact) mass is 422 g/mol. The summed E-state index contributed by atoms with van der Waals surface area (Å²) in [4.78, 5) is 0.983. The van der Waals surface area contributed by atoms with Crippen LogP contribution in [0.5, 0.6) is 11.5 Å². The van der Waals surface area contributed by atoms with Crippen molar-refractivity contribution in [3.63, 3.8) is 0 Å². The van der Waals surface area contributed by atoms with E-state index in [0.29, 0.717) is 28.7 Å². The number of hydrogen-bond acceptors (Lipinski definition) is 6. The number of hydrogen-bond donors (Lipinski definition) is 1. The Morgan fingerprint density at radius 1 is 1.14 bits per heavy atom. The highest BCUT2D eigenvalue weighted by molar-refractivity contribution is 7.71. The molecule has 0 spiro atoms. The lowest BCUT2D eigenvalue weighted by Gasteiger charge is -2.11. The van der Waals surface area contributed by atoms with Gasteiger partial charge in [-0.3, -0.25) is 0 Å². The first kappa shape index (κ1) is 19.1. The van der Waals surface area contributed by atoms with Crippen LogP contribution in [0, 0.1) is 4.77 Å². The van der Waals surface area contributed by atoms with Gasteiger partial charge < -0.3 is 9.47 Å². The Labute approximate surface area is 177 Å². The van der Waals surface area contributed by atoms with Crippen LogP contribution < -0.4 is 9.47 Å². The van der Waals surface area contributed by atoms with Gasteiger partial charge in [-0.25, -0.2) is 5.10 Å². The number of ether oxygens (including phenoxy) is 2. The van der Waals surface area contributed by atoms with E-state index >= 15 is 0 Å². The number of nitrogens with one attached hydrogen (secondary N) is 1. The van der Waals surface area contributed by atoms with Crippen molar-refractivity contribution in [3.05, 3.63) is 81.9 Å². The van der Waals surface area contributed by atoms with Gasteiger partial charge in [-0.15, -0.1) is 11.3 Å². The van der Waals surface area contributed by atoms with Crippen molar-refractivity contribution in [2.24, 2.45) is 5.10 Å². The first-order valence-electron chi connectivity index (χ1n) is 8.85. The van der Waals surface area contributed by atoms with Gasteiger partial charge in [0.05, 0.1) is 18.2 Å². The molecule has 0 amide bonds. The molecule has 4 aromatic rings. The second-order valence-electron chi connectivity index (χ2n) is 6.07. The Morgan fingerprint density at radius 2 is 2.00 bits per heavy atom. The molecule has 1 N–H and O–H groups in total. The maximum absolute atomic E-state index is 5.90. The van der Waals surface area contributed by atoms with Crippen LogP contribution in [0.15, 0.2) is 71.1 Å². The molecule has 29 heavy (non-hydrogen) atoms. The number of thiophene rings is 1. The van der Waals surface area contributed by atoms with Gasteiger partial charge in [0.15, 0.2) is 17.3 Å². The molecule has 0 aliphatic heterocycles. The second kappa shape index (κ2) is 8.85. The number of methoxy groups -OCH3 is 1. The number of nitrogens with zero attached hydrogens (tertiary/aromatic N) is 3. The van der Waals surface area contributed by atoms with Gasteiger partial charge >= 0.3 is 0 Å². The van der Waals surface area contributed by atoms with E-state index in [1.165, 1.54) is 0 Å². The molecule has 0 unspecified atom stereocenters. The first-order valence-corrected chi connectivity index (χ1v) is 10.1. The molecule has 4 rings (SSSR count). The molecular formula is C21H18N4O2S2. The standard InChI is InChI=1S/C21H18N4O2S2/c1-26-18-12-16(9-10-17(18)27-14-15-6-3-2-4-7-15)13-22-25-20(23-24-21(25)28)19-8-5-11-29-19/h2-13H,14H2,1H3,(H,24,28)/b22-13+. The van der Waals surface area contributed by atoms with Gasteiger partial charge in [0.25, 0.3) is 0 Å². The fourth-order valence-corrected chi connectivity index (χ4v) is 3.59. The minimum absolute atomic E-state index is 0.430. The molecule has 0 bridgehead atoms. The van der Waals surface area contributed by atoms with Crippen LogP contribution in [0.4, 0.5) is 0 Å². The van der Waals surface area contributed by atoms with Gasteiger partial charge in [0, 0.05) is 0 Å². The minimum Gasteiger partial charge on any atom is -0.493 e. The second-order valence-corrected chi connectivity index (χ2v) is 7.41. The maximum Gasteiger partial charge on any atom is 0.216 e. The van der Waals surface area contributed by atoms with E-state index in [1.807, 2.05) is 66.0 Å². The van der Waals surface area contributed by atoms with Crippen LogP contribution in [0.25, 0.3) is 10.7 Å². The summed E-state index contributed by atoms with van der Waals surface area (Å²) in [5.41, 5.74) is 1.95. The third kappa shape index (κ3) is 4.44. The molecule has 0 saturated heterocycles. The average Bonchev–Trinajstić information content (AvgIpc) is 3.41. The number of H-pyrrole nitrogens is 1. The molecule has 0 atom stereocenters. The highest BCUT2D eigenvalue weighted by Gasteiger charge is 2.09. The van der Waals surface area contributed by atoms with Gasteiger partial charge in [-0.2, -0.15) is 14.9 Å². The summed E-state index contributed by atoms with van der Waals surface area (Å²) in [5, 5.41) is 13.5. The fraction of sp³-hybridized carbons (Fsp3) is 0.0952. The summed E-state index contributed by atoms with van der Waals surface area (Å²) < 4.78 is 13.4. The smallest absolute Gasteiger partial charge is 0.216 e. The van der Waals surface area contributed by atoms with Crippen LogP contribution >= 0.6 is 23.6 Å². The van der Waals surface area contributed by atoms with E-state index in [4.69, 9.17) is 21.7 Å². The van der Waals surface area contributed by atoms with E-state index in [9.17, 15) is 0 Å². The Kier molecular flexibility index (Phi) is 5.83. The molecule has 8 heteroatoms.